The van der Waals surface area contributed by atoms with Gasteiger partial charge in [-0.15, -0.1) is 11.3 Å². The number of ketones is 1. The van der Waals surface area contributed by atoms with Gasteiger partial charge in [-0.05, 0) is 40.5 Å². The largest absolute Gasteiger partial charge is 0.295 e. The molecule has 1 nitrogen and oxygen atoms in total. The van der Waals surface area contributed by atoms with Crippen molar-refractivity contribution in [2.45, 2.75) is 6.92 Å². The van der Waals surface area contributed by atoms with Crippen molar-refractivity contribution >= 4 is 33.0 Å². The third-order valence-corrected chi connectivity index (χ3v) is 3.82. The summed E-state index contributed by atoms with van der Waals surface area (Å²) in [6, 6.07) is 11.8. The number of carbonyl (C=O) groups excluding carboxylic acids is 1. The lowest BCUT2D eigenvalue weighted by molar-refractivity contribution is 0.101. The van der Waals surface area contributed by atoms with E-state index in [2.05, 4.69) is 22.0 Å². The highest BCUT2D eigenvalue weighted by atomic mass is 79.9. The lowest BCUT2D eigenvalue weighted by Gasteiger charge is -1.98. The van der Waals surface area contributed by atoms with Crippen LogP contribution < -0.4 is 0 Å². The van der Waals surface area contributed by atoms with E-state index in [1.165, 1.54) is 4.88 Å². The fourth-order valence-electron chi connectivity index (χ4n) is 1.34. The van der Waals surface area contributed by atoms with Gasteiger partial charge in [-0.2, -0.15) is 0 Å². The predicted molar refractivity (Wildman–Crippen MR) is 67.5 cm³/mol. The molecule has 0 radical (unpaired) electrons. The molecule has 0 unspecified atom stereocenters. The molecule has 0 fully saturated rings. The quantitative estimate of drug-likeness (QED) is 0.746. The standard InChI is InChI=1S/C12H9BrOS/c1-8(14)9-2-4-10(5-3-9)11-6-7-12(13)15-11/h2-7H,1H3. The zero-order valence-electron chi connectivity index (χ0n) is 8.16. The molecule has 1 heterocycles. The van der Waals surface area contributed by atoms with Crippen LogP contribution in [0.3, 0.4) is 0 Å². The number of halogens is 1. The minimum atomic E-state index is 0.105. The van der Waals surface area contributed by atoms with Gasteiger partial charge in [-0.3, -0.25) is 4.79 Å². The number of Topliss-reactive ketones (excluding diaryl/α,β-unsaturated/α-hetero) is 1. The summed E-state index contributed by atoms with van der Waals surface area (Å²) in [5, 5.41) is 0. The summed E-state index contributed by atoms with van der Waals surface area (Å²) in [5.74, 6) is 0.105. The number of carbonyl (C=O) groups is 1. The van der Waals surface area contributed by atoms with Gasteiger partial charge in [-0.25, -0.2) is 0 Å². The van der Waals surface area contributed by atoms with Crippen molar-refractivity contribution in [3.63, 3.8) is 0 Å². The number of hydrogen-bond donors (Lipinski definition) is 0. The molecule has 2 rings (SSSR count). The highest BCUT2D eigenvalue weighted by Crippen LogP contribution is 2.31. The van der Waals surface area contributed by atoms with E-state index < -0.39 is 0 Å². The van der Waals surface area contributed by atoms with Crippen LogP contribution in [0.25, 0.3) is 10.4 Å². The molecule has 0 saturated heterocycles. The summed E-state index contributed by atoms with van der Waals surface area (Å²) in [6.45, 7) is 1.58. The highest BCUT2D eigenvalue weighted by Gasteiger charge is 2.02. The van der Waals surface area contributed by atoms with Crippen LogP contribution in [0.5, 0.6) is 0 Å². The van der Waals surface area contributed by atoms with Gasteiger partial charge in [0.1, 0.15) is 0 Å². The Balaban J connectivity index is 2.35. The van der Waals surface area contributed by atoms with Crippen molar-refractivity contribution in [3.05, 3.63) is 45.7 Å². The van der Waals surface area contributed by atoms with E-state index >= 15 is 0 Å². The molecule has 1 aromatic carbocycles. The minimum Gasteiger partial charge on any atom is -0.295 e. The number of hydrogen-bond acceptors (Lipinski definition) is 2. The van der Waals surface area contributed by atoms with Crippen LogP contribution in [0.2, 0.25) is 0 Å². The van der Waals surface area contributed by atoms with Gasteiger partial charge in [0.25, 0.3) is 0 Å². The second kappa shape index (κ2) is 4.29. The zero-order chi connectivity index (χ0) is 10.8. The first-order chi connectivity index (χ1) is 7.16. The van der Waals surface area contributed by atoms with Gasteiger partial charge in [0, 0.05) is 10.4 Å². The second-order valence-electron chi connectivity index (χ2n) is 3.24. The van der Waals surface area contributed by atoms with Crippen LogP contribution in [-0.4, -0.2) is 5.78 Å². The fourth-order valence-corrected chi connectivity index (χ4v) is 2.73. The molecule has 0 N–H and O–H groups in total. The van der Waals surface area contributed by atoms with Gasteiger partial charge in [0.2, 0.25) is 0 Å². The van der Waals surface area contributed by atoms with Crippen molar-refractivity contribution in [1.82, 2.24) is 0 Å². The number of thiophene rings is 1. The van der Waals surface area contributed by atoms with Crippen molar-refractivity contribution in [1.29, 1.82) is 0 Å². The molecule has 0 aliphatic heterocycles. The topological polar surface area (TPSA) is 17.1 Å². The average molecular weight is 281 g/mol. The third-order valence-electron chi connectivity index (χ3n) is 2.15. The number of benzene rings is 1. The molecule has 0 aliphatic carbocycles. The Labute approximate surface area is 101 Å². The summed E-state index contributed by atoms with van der Waals surface area (Å²) in [5.41, 5.74) is 1.91. The first kappa shape index (κ1) is 10.6. The summed E-state index contributed by atoms with van der Waals surface area (Å²) in [6.07, 6.45) is 0. The van der Waals surface area contributed by atoms with Crippen molar-refractivity contribution in [2.24, 2.45) is 0 Å². The normalized spacial score (nSPS) is 10.3. The predicted octanol–water partition coefficient (Wildman–Crippen LogP) is 4.38. The Morgan fingerprint density at radius 3 is 2.27 bits per heavy atom. The van der Waals surface area contributed by atoms with Gasteiger partial charge in [0.05, 0.1) is 3.79 Å². The van der Waals surface area contributed by atoms with E-state index in [1.54, 1.807) is 18.3 Å². The molecule has 0 aliphatic rings. The van der Waals surface area contributed by atoms with Crippen LogP contribution >= 0.6 is 27.3 Å². The van der Waals surface area contributed by atoms with Gasteiger partial charge < -0.3 is 0 Å². The van der Waals surface area contributed by atoms with Gasteiger partial charge >= 0.3 is 0 Å². The van der Waals surface area contributed by atoms with E-state index in [0.29, 0.717) is 0 Å². The molecule has 0 spiro atoms. The highest BCUT2D eigenvalue weighted by molar-refractivity contribution is 9.11. The Morgan fingerprint density at radius 2 is 1.80 bits per heavy atom. The maximum absolute atomic E-state index is 11.1. The first-order valence-corrected chi connectivity index (χ1v) is 6.14. The SMILES string of the molecule is CC(=O)c1ccc(-c2ccc(Br)s2)cc1. The van der Waals surface area contributed by atoms with E-state index in [1.807, 2.05) is 30.3 Å². The first-order valence-electron chi connectivity index (χ1n) is 4.53. The molecule has 2 aromatic rings. The zero-order valence-corrected chi connectivity index (χ0v) is 10.6. The third kappa shape index (κ3) is 2.36. The van der Waals surface area contributed by atoms with Gasteiger partial charge in [-0.1, -0.05) is 24.3 Å². The maximum atomic E-state index is 11.1. The maximum Gasteiger partial charge on any atom is 0.159 e. The Bertz CT molecular complexity index is 485. The molecule has 15 heavy (non-hydrogen) atoms. The molecule has 1 aromatic heterocycles. The molecule has 0 saturated carbocycles. The molecular weight excluding hydrogens is 272 g/mol. The van der Waals surface area contributed by atoms with Crippen molar-refractivity contribution < 1.29 is 4.79 Å². The smallest absolute Gasteiger partial charge is 0.159 e. The average Bonchev–Trinajstić information content (AvgIpc) is 2.65. The van der Waals surface area contributed by atoms with Crippen molar-refractivity contribution in [3.8, 4) is 10.4 Å². The summed E-state index contributed by atoms with van der Waals surface area (Å²) in [7, 11) is 0. The molecular formula is C12H9BrOS. The second-order valence-corrected chi connectivity index (χ2v) is 5.70. The van der Waals surface area contributed by atoms with E-state index in [0.717, 1.165) is 14.9 Å². The molecule has 3 heteroatoms. The van der Waals surface area contributed by atoms with E-state index in [4.69, 9.17) is 0 Å². The van der Waals surface area contributed by atoms with Crippen LogP contribution in [0.1, 0.15) is 17.3 Å². The monoisotopic (exact) mass is 280 g/mol. The minimum absolute atomic E-state index is 0.105. The van der Waals surface area contributed by atoms with Crippen LogP contribution in [0.15, 0.2) is 40.2 Å². The Morgan fingerprint density at radius 1 is 1.13 bits per heavy atom. The summed E-state index contributed by atoms with van der Waals surface area (Å²) in [4.78, 5) is 12.3. The van der Waals surface area contributed by atoms with E-state index in [9.17, 15) is 4.79 Å². The van der Waals surface area contributed by atoms with Crippen molar-refractivity contribution in [2.75, 3.05) is 0 Å². The lowest BCUT2D eigenvalue weighted by atomic mass is 10.1. The van der Waals surface area contributed by atoms with E-state index in [-0.39, 0.29) is 5.78 Å². The Kier molecular flexibility index (Phi) is 3.03. The summed E-state index contributed by atoms with van der Waals surface area (Å²) < 4.78 is 1.12. The van der Waals surface area contributed by atoms with Gasteiger partial charge in [0.15, 0.2) is 5.78 Å². The molecule has 76 valence electrons. The number of rotatable bonds is 2. The lowest BCUT2D eigenvalue weighted by Crippen LogP contribution is -1.90. The molecule has 0 amide bonds. The van der Waals surface area contributed by atoms with Crippen LogP contribution in [0.4, 0.5) is 0 Å². The molecule has 0 bridgehead atoms. The Hall–Kier alpha value is -0.930. The fraction of sp³-hybridized carbons (Fsp3) is 0.0833. The molecule has 0 atom stereocenters. The summed E-state index contributed by atoms with van der Waals surface area (Å²) >= 11 is 5.12. The van der Waals surface area contributed by atoms with Crippen LogP contribution in [-0.2, 0) is 0 Å². The van der Waals surface area contributed by atoms with Crippen LogP contribution in [0, 0.1) is 0 Å².